The lowest BCUT2D eigenvalue weighted by Crippen LogP contribution is -2.05. The predicted octanol–water partition coefficient (Wildman–Crippen LogP) is 0.528. The summed E-state index contributed by atoms with van der Waals surface area (Å²) in [5.74, 6) is -2.90. The van der Waals surface area contributed by atoms with Gasteiger partial charge in [-0.05, 0) is 29.8 Å². The number of halogens is 1. The van der Waals surface area contributed by atoms with Gasteiger partial charge < -0.3 is 16.6 Å². The molecule has 0 atom stereocenters. The summed E-state index contributed by atoms with van der Waals surface area (Å²) in [7, 11) is 0. The van der Waals surface area contributed by atoms with Gasteiger partial charge in [-0.2, -0.15) is 0 Å². The van der Waals surface area contributed by atoms with Crippen molar-refractivity contribution in [3.05, 3.63) is 41.2 Å². The molecule has 1 rings (SSSR count). The summed E-state index contributed by atoms with van der Waals surface area (Å²) in [6.07, 6.45) is 4.48. The first-order valence-electron chi connectivity index (χ1n) is 4.87. The van der Waals surface area contributed by atoms with Crippen LogP contribution in [-0.2, 0) is 9.59 Å². The van der Waals surface area contributed by atoms with E-state index >= 15 is 0 Å². The highest BCUT2D eigenvalue weighted by Gasteiger charge is 2.07. The van der Waals surface area contributed by atoms with E-state index in [2.05, 4.69) is 0 Å². The molecular weight excluding hydrogens is 239 g/mol. The molecule has 0 saturated carbocycles. The minimum atomic E-state index is -0.884. The maximum Gasteiger partial charge on any atom is 0.241 e. The molecule has 0 spiro atoms. The number of hydrogen-bond donors (Lipinski definition) is 3. The van der Waals surface area contributed by atoms with Crippen molar-refractivity contribution >= 4 is 24.0 Å². The van der Waals surface area contributed by atoms with Gasteiger partial charge in [-0.3, -0.25) is 9.59 Å². The van der Waals surface area contributed by atoms with Gasteiger partial charge in [0, 0.05) is 17.7 Å². The van der Waals surface area contributed by atoms with Crippen LogP contribution in [0.1, 0.15) is 11.1 Å². The third kappa shape index (κ3) is 3.75. The number of phenolic OH excluding ortho intramolecular Hbond substituents is 1. The van der Waals surface area contributed by atoms with Gasteiger partial charge in [-0.1, -0.05) is 0 Å². The lowest BCUT2D eigenvalue weighted by Gasteiger charge is -2.03. The van der Waals surface area contributed by atoms with Crippen molar-refractivity contribution in [2.24, 2.45) is 11.5 Å². The van der Waals surface area contributed by atoms with Crippen LogP contribution in [0, 0.1) is 5.82 Å². The minimum Gasteiger partial charge on any atom is -0.504 e. The van der Waals surface area contributed by atoms with Gasteiger partial charge in [0.05, 0.1) is 0 Å². The van der Waals surface area contributed by atoms with Crippen molar-refractivity contribution in [2.45, 2.75) is 0 Å². The molecule has 6 heteroatoms. The molecule has 0 heterocycles. The highest BCUT2D eigenvalue weighted by atomic mass is 19.1. The third-order valence-corrected chi connectivity index (χ3v) is 1.98. The van der Waals surface area contributed by atoms with Gasteiger partial charge in [-0.25, -0.2) is 4.39 Å². The number of hydrogen-bond acceptors (Lipinski definition) is 3. The van der Waals surface area contributed by atoms with Crippen LogP contribution in [0.2, 0.25) is 0 Å². The first kappa shape index (κ1) is 13.4. The molecule has 94 valence electrons. The van der Waals surface area contributed by atoms with Crippen molar-refractivity contribution in [3.63, 3.8) is 0 Å². The van der Waals surface area contributed by atoms with Crippen molar-refractivity contribution in [1.29, 1.82) is 0 Å². The lowest BCUT2D eigenvalue weighted by molar-refractivity contribution is -0.114. The molecule has 18 heavy (non-hydrogen) atoms. The number of benzene rings is 1. The summed E-state index contributed by atoms with van der Waals surface area (Å²) in [5.41, 5.74) is 10.2. The second-order valence-corrected chi connectivity index (χ2v) is 3.41. The Hall–Kier alpha value is -2.63. The van der Waals surface area contributed by atoms with E-state index in [0.717, 1.165) is 18.2 Å². The van der Waals surface area contributed by atoms with Crippen LogP contribution in [0.15, 0.2) is 24.3 Å². The molecule has 0 aliphatic heterocycles. The van der Waals surface area contributed by atoms with Gasteiger partial charge in [-0.15, -0.1) is 0 Å². The number of nitrogens with two attached hydrogens (primary N) is 2. The number of carbonyl (C=O) groups is 2. The van der Waals surface area contributed by atoms with Crippen LogP contribution in [0.4, 0.5) is 4.39 Å². The second-order valence-electron chi connectivity index (χ2n) is 3.41. The fourth-order valence-electron chi connectivity index (χ4n) is 1.22. The molecule has 1 aromatic rings. The van der Waals surface area contributed by atoms with Gasteiger partial charge in [0.1, 0.15) is 0 Å². The molecule has 5 nitrogen and oxygen atoms in total. The third-order valence-electron chi connectivity index (χ3n) is 1.98. The summed E-state index contributed by atoms with van der Waals surface area (Å²) < 4.78 is 13.3. The Morgan fingerprint density at radius 1 is 1.11 bits per heavy atom. The number of amides is 2. The number of carbonyl (C=O) groups excluding carboxylic acids is 2. The van der Waals surface area contributed by atoms with E-state index in [4.69, 9.17) is 11.5 Å². The molecule has 1 aromatic carbocycles. The van der Waals surface area contributed by atoms with Gasteiger partial charge in [0.15, 0.2) is 11.6 Å². The molecule has 5 N–H and O–H groups in total. The summed E-state index contributed by atoms with van der Waals surface area (Å²) in [6, 6.07) is 2.40. The molecule has 0 saturated heterocycles. The SMILES string of the molecule is NC(=O)/C=C\c1cc(F)c(O)c(/C=C/C(N)=O)c1. The Labute approximate surface area is 102 Å². The van der Waals surface area contributed by atoms with E-state index in [1.807, 2.05) is 0 Å². The molecule has 2 amide bonds. The fourth-order valence-corrected chi connectivity index (χ4v) is 1.22. The van der Waals surface area contributed by atoms with Crippen LogP contribution in [0.3, 0.4) is 0 Å². The first-order chi connectivity index (χ1) is 8.40. The van der Waals surface area contributed by atoms with Crippen LogP contribution >= 0.6 is 0 Å². The van der Waals surface area contributed by atoms with Crippen molar-refractivity contribution in [1.82, 2.24) is 0 Å². The fraction of sp³-hybridized carbons (Fsp3) is 0. The zero-order valence-corrected chi connectivity index (χ0v) is 9.26. The largest absolute Gasteiger partial charge is 0.504 e. The highest BCUT2D eigenvalue weighted by molar-refractivity contribution is 5.91. The van der Waals surface area contributed by atoms with Crippen molar-refractivity contribution in [3.8, 4) is 5.75 Å². The Balaban J connectivity index is 3.18. The van der Waals surface area contributed by atoms with Gasteiger partial charge in [0.25, 0.3) is 0 Å². The average molecular weight is 250 g/mol. The molecule has 0 radical (unpaired) electrons. The summed E-state index contributed by atoms with van der Waals surface area (Å²) in [4.78, 5) is 21.1. The summed E-state index contributed by atoms with van der Waals surface area (Å²) in [6.45, 7) is 0. The summed E-state index contributed by atoms with van der Waals surface area (Å²) >= 11 is 0. The standard InChI is InChI=1S/C12H11FN2O3/c13-9-6-7(1-3-10(14)16)5-8(12(9)18)2-4-11(15)17/h1-6,18H,(H2,14,16)(H2,15,17)/b3-1-,4-2+. The van der Waals surface area contributed by atoms with Crippen LogP contribution in [-0.4, -0.2) is 16.9 Å². The number of rotatable bonds is 4. The lowest BCUT2D eigenvalue weighted by atomic mass is 10.1. The molecule has 0 aromatic heterocycles. The number of primary amides is 2. The van der Waals surface area contributed by atoms with Crippen LogP contribution in [0.25, 0.3) is 12.2 Å². The van der Waals surface area contributed by atoms with Crippen LogP contribution in [0.5, 0.6) is 5.75 Å². The molecule has 0 bridgehead atoms. The zero-order valence-electron chi connectivity index (χ0n) is 9.26. The zero-order chi connectivity index (χ0) is 13.7. The second kappa shape index (κ2) is 5.62. The summed E-state index contributed by atoms with van der Waals surface area (Å²) in [5, 5.41) is 9.42. The first-order valence-corrected chi connectivity index (χ1v) is 4.87. The monoisotopic (exact) mass is 250 g/mol. The van der Waals surface area contributed by atoms with E-state index in [0.29, 0.717) is 5.56 Å². The van der Waals surface area contributed by atoms with Gasteiger partial charge >= 0.3 is 0 Å². The smallest absolute Gasteiger partial charge is 0.241 e. The minimum absolute atomic E-state index is 0.0675. The van der Waals surface area contributed by atoms with Crippen LogP contribution < -0.4 is 11.5 Å². The highest BCUT2D eigenvalue weighted by Crippen LogP contribution is 2.25. The average Bonchev–Trinajstić information content (AvgIpc) is 2.28. The number of aromatic hydroxyl groups is 1. The molecular formula is C12H11FN2O3. The van der Waals surface area contributed by atoms with E-state index in [-0.39, 0.29) is 5.56 Å². The Kier molecular flexibility index (Phi) is 4.20. The maximum atomic E-state index is 13.3. The topological polar surface area (TPSA) is 106 Å². The Morgan fingerprint density at radius 3 is 2.22 bits per heavy atom. The normalized spacial score (nSPS) is 11.2. The number of phenols is 1. The van der Waals surface area contributed by atoms with E-state index in [1.165, 1.54) is 18.2 Å². The predicted molar refractivity (Wildman–Crippen MR) is 64.5 cm³/mol. The maximum absolute atomic E-state index is 13.3. The van der Waals surface area contributed by atoms with E-state index in [9.17, 15) is 19.1 Å². The molecule has 0 aliphatic carbocycles. The van der Waals surface area contributed by atoms with E-state index in [1.54, 1.807) is 0 Å². The Morgan fingerprint density at radius 2 is 1.67 bits per heavy atom. The van der Waals surface area contributed by atoms with Gasteiger partial charge in [0.2, 0.25) is 11.8 Å². The van der Waals surface area contributed by atoms with E-state index < -0.39 is 23.4 Å². The molecule has 0 unspecified atom stereocenters. The quantitative estimate of drug-likeness (QED) is 0.678. The Bertz CT molecular complexity index is 550. The molecule has 0 aliphatic rings. The molecule has 0 fully saturated rings. The van der Waals surface area contributed by atoms with Crippen molar-refractivity contribution < 1.29 is 19.1 Å². The van der Waals surface area contributed by atoms with Crippen molar-refractivity contribution in [2.75, 3.05) is 0 Å².